The molecule has 1 aromatic heterocycles. The number of nitrogens with one attached hydrogen (secondary N) is 2. The van der Waals surface area contributed by atoms with Gasteiger partial charge in [-0.1, -0.05) is 24.3 Å². The maximum absolute atomic E-state index is 12.8. The molecule has 1 unspecified atom stereocenters. The highest BCUT2D eigenvalue weighted by Gasteiger charge is 2.59. The molecule has 164 valence electrons. The first-order chi connectivity index (χ1) is 15.4. The predicted octanol–water partition coefficient (Wildman–Crippen LogP) is 3.94. The molecule has 0 spiro atoms. The van der Waals surface area contributed by atoms with Crippen molar-refractivity contribution in [3.05, 3.63) is 71.1 Å². The van der Waals surface area contributed by atoms with Gasteiger partial charge >= 0.3 is 5.97 Å². The molecule has 1 aliphatic carbocycles. The summed E-state index contributed by atoms with van der Waals surface area (Å²) in [6.45, 7) is 0. The van der Waals surface area contributed by atoms with Crippen molar-refractivity contribution >= 4 is 40.5 Å². The Bertz CT molecular complexity index is 1170. The highest BCUT2D eigenvalue weighted by Crippen LogP contribution is 2.56. The van der Waals surface area contributed by atoms with Gasteiger partial charge in [0.05, 0.1) is 22.7 Å². The number of hydrogen-bond donors (Lipinski definition) is 4. The van der Waals surface area contributed by atoms with Gasteiger partial charge in [0.1, 0.15) is 0 Å². The summed E-state index contributed by atoms with van der Waals surface area (Å²) in [5, 5.41) is 17.0. The Balaban J connectivity index is 1.56. The molecule has 0 saturated heterocycles. The number of amides is 2. The van der Waals surface area contributed by atoms with Crippen molar-refractivity contribution in [1.29, 1.82) is 0 Å². The number of hydrogen-bond acceptors (Lipinski definition) is 5. The normalized spacial score (nSPS) is 14.9. The second-order valence-corrected chi connectivity index (χ2v) is 8.81. The van der Waals surface area contributed by atoms with Gasteiger partial charge < -0.3 is 21.5 Å². The van der Waals surface area contributed by atoms with E-state index in [1.807, 2.05) is 29.6 Å². The second kappa shape index (κ2) is 8.47. The molecule has 2 amide bonds. The van der Waals surface area contributed by atoms with Gasteiger partial charge in [0.15, 0.2) is 0 Å². The molecule has 7 nitrogen and oxygen atoms in total. The number of aliphatic carboxylic acids is 1. The highest BCUT2D eigenvalue weighted by molar-refractivity contribution is 7.13. The zero-order valence-corrected chi connectivity index (χ0v) is 18.2. The van der Waals surface area contributed by atoms with Crippen molar-refractivity contribution < 1.29 is 19.5 Å². The van der Waals surface area contributed by atoms with E-state index in [9.17, 15) is 19.5 Å². The first-order valence-electron chi connectivity index (χ1n) is 10.2. The molecule has 3 aromatic rings. The third-order valence-electron chi connectivity index (χ3n) is 5.89. The van der Waals surface area contributed by atoms with Gasteiger partial charge in [0.2, 0.25) is 5.91 Å². The lowest BCUT2D eigenvalue weighted by Gasteiger charge is -2.22. The van der Waals surface area contributed by atoms with Gasteiger partial charge in [-0.25, -0.2) is 0 Å². The average Bonchev–Trinajstić information content (AvgIpc) is 3.40. The van der Waals surface area contributed by atoms with Crippen LogP contribution >= 0.6 is 11.3 Å². The van der Waals surface area contributed by atoms with Gasteiger partial charge in [-0.2, -0.15) is 0 Å². The fourth-order valence-corrected chi connectivity index (χ4v) is 4.63. The number of carboxylic acid groups (broad SMARTS) is 1. The zero-order chi connectivity index (χ0) is 22.9. The molecule has 1 heterocycles. The lowest BCUT2D eigenvalue weighted by Crippen LogP contribution is -2.36. The number of likely N-dealkylation sites (N-methyl/N-ethyl adjacent to an activating group) is 1. The van der Waals surface area contributed by atoms with E-state index in [2.05, 4.69) is 10.6 Å². The van der Waals surface area contributed by atoms with Crippen molar-refractivity contribution in [3.63, 3.8) is 0 Å². The Kier molecular flexibility index (Phi) is 5.71. The number of carboxylic acids is 1. The number of thiophene rings is 1. The van der Waals surface area contributed by atoms with E-state index in [1.165, 1.54) is 7.05 Å². The van der Waals surface area contributed by atoms with Crippen molar-refractivity contribution in [1.82, 2.24) is 5.32 Å². The van der Waals surface area contributed by atoms with E-state index >= 15 is 0 Å². The summed E-state index contributed by atoms with van der Waals surface area (Å²) in [4.78, 5) is 38.1. The average molecular weight is 450 g/mol. The van der Waals surface area contributed by atoms with Crippen LogP contribution < -0.4 is 16.4 Å². The summed E-state index contributed by atoms with van der Waals surface area (Å²) < 4.78 is 0. The van der Waals surface area contributed by atoms with Crippen LogP contribution in [0.5, 0.6) is 0 Å². The Morgan fingerprint density at radius 2 is 1.81 bits per heavy atom. The standard InChI is InChI=1S/C24H23N3O4S/c1-26-22(29)20(24(10-11-24)23(30)31)14-4-6-15(7-5-14)21(28)27-18-13-16(8-9-17(18)25)19-3-2-12-32-19/h2-9,12-13,20H,10-11,25H2,1H3,(H,26,29)(H,27,28)(H,30,31). The summed E-state index contributed by atoms with van der Waals surface area (Å²) in [5.74, 6) is -2.48. The monoisotopic (exact) mass is 449 g/mol. The summed E-state index contributed by atoms with van der Waals surface area (Å²) in [6.07, 6.45) is 0.894. The van der Waals surface area contributed by atoms with Gasteiger partial charge in [0.25, 0.3) is 5.91 Å². The second-order valence-electron chi connectivity index (χ2n) is 7.86. The van der Waals surface area contributed by atoms with Gasteiger partial charge in [0, 0.05) is 17.5 Å². The van der Waals surface area contributed by atoms with Crippen LogP contribution in [0.25, 0.3) is 10.4 Å². The van der Waals surface area contributed by atoms with Gasteiger partial charge in [-0.15, -0.1) is 11.3 Å². The molecule has 1 atom stereocenters. The third kappa shape index (κ3) is 3.97. The maximum atomic E-state index is 12.8. The maximum Gasteiger partial charge on any atom is 0.310 e. The van der Waals surface area contributed by atoms with Crippen LogP contribution in [0.1, 0.15) is 34.7 Å². The number of nitrogens with two attached hydrogens (primary N) is 1. The topological polar surface area (TPSA) is 122 Å². The number of anilines is 2. The predicted molar refractivity (Wildman–Crippen MR) is 125 cm³/mol. The van der Waals surface area contributed by atoms with Crippen LogP contribution in [-0.2, 0) is 9.59 Å². The third-order valence-corrected chi connectivity index (χ3v) is 6.81. The minimum atomic E-state index is -1.08. The molecule has 0 bridgehead atoms. The number of nitrogen functional groups attached to an aromatic ring is 1. The largest absolute Gasteiger partial charge is 0.481 e. The van der Waals surface area contributed by atoms with Crippen LogP contribution in [0.4, 0.5) is 11.4 Å². The fraction of sp³-hybridized carbons (Fsp3) is 0.208. The molecule has 1 fully saturated rings. The number of carbonyl (C=O) groups excluding carboxylic acids is 2. The fourth-order valence-electron chi connectivity index (χ4n) is 3.91. The molecule has 4 rings (SSSR count). The molecule has 5 N–H and O–H groups in total. The number of rotatable bonds is 7. The van der Waals surface area contributed by atoms with E-state index < -0.39 is 17.3 Å². The molecule has 8 heteroatoms. The van der Waals surface area contributed by atoms with Crippen LogP contribution in [0.15, 0.2) is 60.0 Å². The first kappa shape index (κ1) is 21.6. The number of carbonyl (C=O) groups is 3. The molecule has 0 aliphatic heterocycles. The molecular weight excluding hydrogens is 426 g/mol. The Morgan fingerprint density at radius 3 is 2.38 bits per heavy atom. The quantitative estimate of drug-likeness (QED) is 0.407. The minimum absolute atomic E-state index is 0.345. The first-order valence-corrected chi connectivity index (χ1v) is 11.0. The minimum Gasteiger partial charge on any atom is -0.481 e. The lowest BCUT2D eigenvalue weighted by molar-refractivity contribution is -0.147. The van der Waals surface area contributed by atoms with E-state index in [4.69, 9.17) is 5.73 Å². The molecule has 32 heavy (non-hydrogen) atoms. The lowest BCUT2D eigenvalue weighted by atomic mass is 9.82. The van der Waals surface area contributed by atoms with Gasteiger partial charge in [-0.3, -0.25) is 14.4 Å². The summed E-state index contributed by atoms with van der Waals surface area (Å²) in [5.41, 5.74) is 7.84. The van der Waals surface area contributed by atoms with E-state index in [1.54, 1.807) is 41.7 Å². The molecule has 1 saturated carbocycles. The highest BCUT2D eigenvalue weighted by atomic mass is 32.1. The van der Waals surface area contributed by atoms with Crippen LogP contribution in [0, 0.1) is 5.41 Å². The smallest absolute Gasteiger partial charge is 0.310 e. The van der Waals surface area contributed by atoms with Crippen LogP contribution in [0.2, 0.25) is 0 Å². The molecular formula is C24H23N3O4S. The Labute approximate surface area is 189 Å². The molecule has 1 aliphatic rings. The van der Waals surface area contributed by atoms with Crippen molar-refractivity contribution in [2.24, 2.45) is 5.41 Å². The summed E-state index contributed by atoms with van der Waals surface area (Å²) in [6, 6.07) is 15.9. The van der Waals surface area contributed by atoms with E-state index in [0.717, 1.165) is 10.4 Å². The van der Waals surface area contributed by atoms with Gasteiger partial charge in [-0.05, 0) is 59.7 Å². The molecule has 0 radical (unpaired) electrons. The summed E-state index contributed by atoms with van der Waals surface area (Å²) in [7, 11) is 1.49. The van der Waals surface area contributed by atoms with E-state index in [-0.39, 0.29) is 11.8 Å². The number of benzene rings is 2. The zero-order valence-electron chi connectivity index (χ0n) is 17.4. The van der Waals surface area contributed by atoms with Crippen LogP contribution in [-0.4, -0.2) is 29.9 Å². The summed E-state index contributed by atoms with van der Waals surface area (Å²) >= 11 is 1.60. The van der Waals surface area contributed by atoms with Crippen molar-refractivity contribution in [2.75, 3.05) is 18.1 Å². The molecule has 2 aromatic carbocycles. The van der Waals surface area contributed by atoms with Crippen molar-refractivity contribution in [2.45, 2.75) is 18.8 Å². The Hall–Kier alpha value is -3.65. The van der Waals surface area contributed by atoms with Crippen molar-refractivity contribution in [3.8, 4) is 10.4 Å². The van der Waals surface area contributed by atoms with Crippen LogP contribution in [0.3, 0.4) is 0 Å². The Morgan fingerprint density at radius 1 is 1.09 bits per heavy atom. The van der Waals surface area contributed by atoms with E-state index in [0.29, 0.717) is 35.3 Å². The SMILES string of the molecule is CNC(=O)C(c1ccc(C(=O)Nc2cc(-c3cccs3)ccc2N)cc1)C1(C(=O)O)CC1.